The summed E-state index contributed by atoms with van der Waals surface area (Å²) in [7, 11) is 0. The highest BCUT2D eigenvalue weighted by molar-refractivity contribution is 6.33. The van der Waals surface area contributed by atoms with Gasteiger partial charge in [0.15, 0.2) is 17.2 Å². The van der Waals surface area contributed by atoms with Gasteiger partial charge in [0.25, 0.3) is 0 Å². The number of nitrogens with zero attached hydrogens (tertiary/aromatic N) is 4. The number of aromatic carboxylic acids is 1. The molecule has 0 atom stereocenters. The van der Waals surface area contributed by atoms with Crippen molar-refractivity contribution in [3.05, 3.63) is 47.1 Å². The zero-order chi connectivity index (χ0) is 13.4. The molecule has 0 saturated heterocycles. The summed E-state index contributed by atoms with van der Waals surface area (Å²) in [4.78, 5) is 10.9. The van der Waals surface area contributed by atoms with Crippen LogP contribution in [-0.4, -0.2) is 30.9 Å². The van der Waals surface area contributed by atoms with Gasteiger partial charge >= 0.3 is 5.97 Å². The minimum atomic E-state index is -1.11. The number of halogens is 1. The van der Waals surface area contributed by atoms with E-state index in [0.717, 1.165) is 0 Å². The van der Waals surface area contributed by atoms with Crippen LogP contribution in [0.3, 0.4) is 0 Å². The average molecular weight is 275 g/mol. The van der Waals surface area contributed by atoms with Crippen molar-refractivity contribution in [1.29, 1.82) is 0 Å². The van der Waals surface area contributed by atoms with Crippen LogP contribution in [0.2, 0.25) is 5.02 Å². The second-order valence-electron chi connectivity index (χ2n) is 3.80. The Morgan fingerprint density at radius 1 is 1.16 bits per heavy atom. The summed E-state index contributed by atoms with van der Waals surface area (Å²) < 4.78 is 1.37. The summed E-state index contributed by atoms with van der Waals surface area (Å²) >= 11 is 6.09. The quantitative estimate of drug-likeness (QED) is 0.774. The highest BCUT2D eigenvalue weighted by Crippen LogP contribution is 2.25. The number of rotatable bonds is 2. The van der Waals surface area contributed by atoms with Crippen LogP contribution in [0.4, 0.5) is 0 Å². The van der Waals surface area contributed by atoms with Gasteiger partial charge in [-0.15, -0.1) is 10.2 Å². The summed E-state index contributed by atoms with van der Waals surface area (Å²) in [5.41, 5.74) is 1.02. The molecule has 0 aliphatic rings. The molecule has 94 valence electrons. The standard InChI is InChI=1S/C12H7ClN4O2/c13-8-4-2-1-3-7(8)11-15-14-10-6-5-9(12(18)19)16-17(10)11/h1-6H,(H,18,19). The van der Waals surface area contributed by atoms with E-state index in [0.29, 0.717) is 22.1 Å². The van der Waals surface area contributed by atoms with Crippen molar-refractivity contribution in [3.8, 4) is 11.4 Å². The van der Waals surface area contributed by atoms with Gasteiger partial charge in [0.05, 0.1) is 5.02 Å². The molecule has 19 heavy (non-hydrogen) atoms. The zero-order valence-corrected chi connectivity index (χ0v) is 10.2. The first-order valence-corrected chi connectivity index (χ1v) is 5.75. The first-order valence-electron chi connectivity index (χ1n) is 5.37. The molecule has 2 heterocycles. The SMILES string of the molecule is O=C(O)c1ccc2nnc(-c3ccccc3Cl)n2n1. The van der Waals surface area contributed by atoms with Gasteiger partial charge in [-0.1, -0.05) is 23.7 Å². The van der Waals surface area contributed by atoms with E-state index in [9.17, 15) is 4.79 Å². The lowest BCUT2D eigenvalue weighted by atomic mass is 10.2. The molecule has 1 N–H and O–H groups in total. The number of carbonyl (C=O) groups is 1. The summed E-state index contributed by atoms with van der Waals surface area (Å²) in [6.07, 6.45) is 0. The summed E-state index contributed by atoms with van der Waals surface area (Å²) in [6, 6.07) is 10.0. The van der Waals surface area contributed by atoms with Crippen LogP contribution < -0.4 is 0 Å². The van der Waals surface area contributed by atoms with E-state index >= 15 is 0 Å². The Bertz CT molecular complexity index is 784. The fraction of sp³-hybridized carbons (Fsp3) is 0. The van der Waals surface area contributed by atoms with E-state index in [-0.39, 0.29) is 5.69 Å². The molecule has 7 heteroatoms. The third kappa shape index (κ3) is 1.92. The van der Waals surface area contributed by atoms with E-state index in [1.807, 2.05) is 6.07 Å². The molecule has 0 bridgehead atoms. The van der Waals surface area contributed by atoms with Crippen LogP contribution >= 0.6 is 11.6 Å². The van der Waals surface area contributed by atoms with Crippen LogP contribution in [0.1, 0.15) is 10.5 Å². The maximum absolute atomic E-state index is 10.9. The van der Waals surface area contributed by atoms with Crippen LogP contribution in [0.5, 0.6) is 0 Å². The van der Waals surface area contributed by atoms with Crippen molar-refractivity contribution in [2.75, 3.05) is 0 Å². The predicted molar refractivity (Wildman–Crippen MR) is 68.2 cm³/mol. The monoisotopic (exact) mass is 274 g/mol. The molecule has 0 aliphatic heterocycles. The van der Waals surface area contributed by atoms with Gasteiger partial charge in [0.2, 0.25) is 0 Å². The Labute approximate surface area is 112 Å². The normalized spacial score (nSPS) is 10.8. The van der Waals surface area contributed by atoms with Crippen LogP contribution in [0, 0.1) is 0 Å². The predicted octanol–water partition coefficient (Wildman–Crippen LogP) is 2.14. The molecule has 0 radical (unpaired) electrons. The van der Waals surface area contributed by atoms with E-state index in [1.165, 1.54) is 10.6 Å². The van der Waals surface area contributed by atoms with Gasteiger partial charge in [0.1, 0.15) is 0 Å². The molecule has 0 saturated carbocycles. The van der Waals surface area contributed by atoms with E-state index in [2.05, 4.69) is 15.3 Å². The molecular weight excluding hydrogens is 268 g/mol. The molecule has 3 rings (SSSR count). The number of aromatic nitrogens is 4. The maximum atomic E-state index is 10.9. The Morgan fingerprint density at radius 2 is 1.95 bits per heavy atom. The number of benzene rings is 1. The van der Waals surface area contributed by atoms with E-state index in [1.54, 1.807) is 24.3 Å². The first kappa shape index (κ1) is 11.6. The molecule has 0 fully saturated rings. The molecule has 0 aliphatic carbocycles. The molecular formula is C12H7ClN4O2. The topological polar surface area (TPSA) is 80.4 Å². The largest absolute Gasteiger partial charge is 0.476 e. The lowest BCUT2D eigenvalue weighted by Gasteiger charge is -2.02. The van der Waals surface area contributed by atoms with Crippen LogP contribution in [-0.2, 0) is 0 Å². The first-order chi connectivity index (χ1) is 9.16. The Morgan fingerprint density at radius 3 is 2.68 bits per heavy atom. The molecule has 2 aromatic heterocycles. The van der Waals surface area contributed by atoms with Gasteiger partial charge in [-0.05, 0) is 24.3 Å². The number of carboxylic acid groups (broad SMARTS) is 1. The van der Waals surface area contributed by atoms with E-state index in [4.69, 9.17) is 16.7 Å². The lowest BCUT2D eigenvalue weighted by molar-refractivity contribution is 0.0689. The average Bonchev–Trinajstić information content (AvgIpc) is 2.82. The van der Waals surface area contributed by atoms with Crippen molar-refractivity contribution in [3.63, 3.8) is 0 Å². The molecule has 0 unspecified atom stereocenters. The van der Waals surface area contributed by atoms with Crippen LogP contribution in [0.15, 0.2) is 36.4 Å². The third-order valence-corrected chi connectivity index (χ3v) is 2.93. The zero-order valence-electron chi connectivity index (χ0n) is 9.49. The number of hydrogen-bond donors (Lipinski definition) is 1. The molecule has 0 amide bonds. The number of hydrogen-bond acceptors (Lipinski definition) is 4. The molecule has 6 nitrogen and oxygen atoms in total. The second-order valence-corrected chi connectivity index (χ2v) is 4.20. The van der Waals surface area contributed by atoms with Gasteiger partial charge in [-0.25, -0.2) is 4.79 Å². The van der Waals surface area contributed by atoms with Crippen molar-refractivity contribution in [2.45, 2.75) is 0 Å². The summed E-state index contributed by atoms with van der Waals surface area (Å²) in [6.45, 7) is 0. The summed E-state index contributed by atoms with van der Waals surface area (Å²) in [5, 5.41) is 21.4. The van der Waals surface area contributed by atoms with Gasteiger partial charge in [-0.2, -0.15) is 9.61 Å². The van der Waals surface area contributed by atoms with E-state index < -0.39 is 5.97 Å². The van der Waals surface area contributed by atoms with Gasteiger partial charge < -0.3 is 5.11 Å². The highest BCUT2D eigenvalue weighted by Gasteiger charge is 2.14. The smallest absolute Gasteiger partial charge is 0.356 e. The van der Waals surface area contributed by atoms with Crippen molar-refractivity contribution >= 4 is 23.2 Å². The second kappa shape index (κ2) is 4.33. The molecule has 3 aromatic rings. The minimum absolute atomic E-state index is 0.0828. The summed E-state index contributed by atoms with van der Waals surface area (Å²) in [5.74, 6) is -0.704. The Hall–Kier alpha value is -2.47. The van der Waals surface area contributed by atoms with Gasteiger partial charge in [-0.3, -0.25) is 0 Å². The van der Waals surface area contributed by atoms with Gasteiger partial charge in [0, 0.05) is 5.56 Å². The fourth-order valence-corrected chi connectivity index (χ4v) is 1.93. The number of fused-ring (bicyclic) bond motifs is 1. The Kier molecular flexibility index (Phi) is 2.64. The maximum Gasteiger partial charge on any atom is 0.356 e. The minimum Gasteiger partial charge on any atom is -0.476 e. The Balaban J connectivity index is 2.27. The molecule has 0 spiro atoms. The van der Waals surface area contributed by atoms with Crippen molar-refractivity contribution in [2.24, 2.45) is 0 Å². The van der Waals surface area contributed by atoms with Crippen LogP contribution in [0.25, 0.3) is 17.0 Å². The highest BCUT2D eigenvalue weighted by atomic mass is 35.5. The lowest BCUT2D eigenvalue weighted by Crippen LogP contribution is -2.05. The fourth-order valence-electron chi connectivity index (χ4n) is 1.71. The number of carboxylic acids is 1. The van der Waals surface area contributed by atoms with Crippen molar-refractivity contribution < 1.29 is 9.90 Å². The third-order valence-electron chi connectivity index (χ3n) is 2.60. The van der Waals surface area contributed by atoms with Crippen molar-refractivity contribution in [1.82, 2.24) is 19.8 Å². The molecule has 1 aromatic carbocycles.